The topological polar surface area (TPSA) is 8.17 Å². The molecule has 0 spiro atoms. The molecule has 9 aromatic carbocycles. The molecule has 2 heteroatoms. The van der Waals surface area contributed by atoms with Crippen molar-refractivity contribution in [3.8, 4) is 39.1 Å². The van der Waals surface area contributed by atoms with E-state index in [0.717, 1.165) is 28.3 Å². The van der Waals surface area contributed by atoms with Gasteiger partial charge in [-0.25, -0.2) is 0 Å². The average molecular weight is 689 g/mol. The van der Waals surface area contributed by atoms with Gasteiger partial charge in [-0.3, -0.25) is 0 Å². The van der Waals surface area contributed by atoms with Crippen LogP contribution >= 0.6 is 0 Å². The van der Waals surface area contributed by atoms with E-state index < -0.39 is 0 Å². The van der Waals surface area contributed by atoms with Gasteiger partial charge in [-0.1, -0.05) is 164 Å². The van der Waals surface area contributed by atoms with Crippen molar-refractivity contribution in [1.82, 2.24) is 4.57 Å². The zero-order valence-corrected chi connectivity index (χ0v) is 29.7. The summed E-state index contributed by atoms with van der Waals surface area (Å²) >= 11 is 0. The van der Waals surface area contributed by atoms with Crippen LogP contribution in [-0.2, 0) is 0 Å². The van der Waals surface area contributed by atoms with Crippen LogP contribution in [0.25, 0.3) is 71.6 Å². The van der Waals surface area contributed by atoms with Crippen LogP contribution in [0.2, 0.25) is 0 Å². The van der Waals surface area contributed by atoms with Crippen LogP contribution in [0.5, 0.6) is 0 Å². The fourth-order valence-electron chi connectivity index (χ4n) is 8.12. The first kappa shape index (κ1) is 31.6. The van der Waals surface area contributed by atoms with Crippen LogP contribution in [0.15, 0.2) is 218 Å². The summed E-state index contributed by atoms with van der Waals surface area (Å²) in [4.78, 5) is 2.48. The molecule has 0 radical (unpaired) electrons. The van der Waals surface area contributed by atoms with E-state index in [9.17, 15) is 0 Å². The lowest BCUT2D eigenvalue weighted by Gasteiger charge is -2.30. The molecule has 2 nitrogen and oxygen atoms in total. The first-order valence-corrected chi connectivity index (χ1v) is 18.5. The SMILES string of the molecule is c1ccc(-c2ccc(N(c3ccccc3-c3ccc4ccccc4c3)c3cccc4c3c3ccccc3n4-c3ccccc3)cc2-c2ccccc2)cc1. The Morgan fingerprint density at radius 2 is 0.944 bits per heavy atom. The minimum Gasteiger partial charge on any atom is -0.309 e. The van der Waals surface area contributed by atoms with Gasteiger partial charge in [-0.05, 0) is 93.2 Å². The molecule has 0 N–H and O–H groups in total. The van der Waals surface area contributed by atoms with Crippen LogP contribution in [0.3, 0.4) is 0 Å². The number of anilines is 3. The normalized spacial score (nSPS) is 11.3. The summed E-state index contributed by atoms with van der Waals surface area (Å²) in [6.07, 6.45) is 0. The van der Waals surface area contributed by atoms with Gasteiger partial charge < -0.3 is 9.47 Å². The maximum Gasteiger partial charge on any atom is 0.0562 e. The largest absolute Gasteiger partial charge is 0.309 e. The van der Waals surface area contributed by atoms with Crippen molar-refractivity contribution in [2.24, 2.45) is 0 Å². The van der Waals surface area contributed by atoms with Crippen molar-refractivity contribution in [3.05, 3.63) is 218 Å². The minimum atomic E-state index is 1.09. The smallest absolute Gasteiger partial charge is 0.0562 e. The number of fused-ring (bicyclic) bond motifs is 4. The second-order valence-electron chi connectivity index (χ2n) is 13.7. The van der Waals surface area contributed by atoms with Gasteiger partial charge in [0.15, 0.2) is 0 Å². The van der Waals surface area contributed by atoms with Crippen molar-refractivity contribution in [3.63, 3.8) is 0 Å². The van der Waals surface area contributed by atoms with E-state index in [1.165, 1.54) is 60.4 Å². The molecule has 0 aliphatic carbocycles. The summed E-state index contributed by atoms with van der Waals surface area (Å²) < 4.78 is 2.40. The van der Waals surface area contributed by atoms with Crippen LogP contribution in [0, 0.1) is 0 Å². The molecule has 0 aliphatic heterocycles. The summed E-state index contributed by atoms with van der Waals surface area (Å²) in [5.41, 5.74) is 13.9. The summed E-state index contributed by atoms with van der Waals surface area (Å²) in [6, 6.07) is 79.0. The van der Waals surface area contributed by atoms with E-state index in [0.29, 0.717) is 0 Å². The zero-order valence-electron chi connectivity index (χ0n) is 29.7. The molecule has 0 saturated heterocycles. The molecule has 10 aromatic rings. The fourth-order valence-corrected chi connectivity index (χ4v) is 8.12. The molecule has 0 unspecified atom stereocenters. The maximum atomic E-state index is 2.48. The van der Waals surface area contributed by atoms with Gasteiger partial charge in [-0.15, -0.1) is 0 Å². The lowest BCUT2D eigenvalue weighted by Crippen LogP contribution is -2.12. The average Bonchev–Trinajstić information content (AvgIpc) is 3.60. The molecular formula is C52H36N2. The Hall–Kier alpha value is -7.16. The van der Waals surface area contributed by atoms with Crippen molar-refractivity contribution in [2.45, 2.75) is 0 Å². The molecular weight excluding hydrogens is 653 g/mol. The molecule has 0 amide bonds. The third kappa shape index (κ3) is 5.44. The third-order valence-electron chi connectivity index (χ3n) is 10.6. The third-order valence-corrected chi connectivity index (χ3v) is 10.6. The molecule has 0 saturated carbocycles. The first-order valence-electron chi connectivity index (χ1n) is 18.5. The van der Waals surface area contributed by atoms with Crippen molar-refractivity contribution in [2.75, 3.05) is 4.90 Å². The van der Waals surface area contributed by atoms with Crippen molar-refractivity contribution < 1.29 is 0 Å². The van der Waals surface area contributed by atoms with E-state index in [2.05, 4.69) is 228 Å². The second kappa shape index (κ2) is 13.4. The molecule has 10 rings (SSSR count). The second-order valence-corrected chi connectivity index (χ2v) is 13.7. The molecule has 0 fully saturated rings. The molecule has 0 bridgehead atoms. The molecule has 54 heavy (non-hydrogen) atoms. The van der Waals surface area contributed by atoms with Crippen molar-refractivity contribution in [1.29, 1.82) is 0 Å². The number of rotatable bonds is 7. The Bertz CT molecular complexity index is 2930. The van der Waals surface area contributed by atoms with Gasteiger partial charge in [0.25, 0.3) is 0 Å². The van der Waals surface area contributed by atoms with Gasteiger partial charge in [-0.2, -0.15) is 0 Å². The fraction of sp³-hybridized carbons (Fsp3) is 0. The quantitative estimate of drug-likeness (QED) is 0.162. The van der Waals surface area contributed by atoms with Gasteiger partial charge in [0.2, 0.25) is 0 Å². The first-order chi connectivity index (χ1) is 26.8. The highest BCUT2D eigenvalue weighted by Gasteiger charge is 2.24. The predicted molar refractivity (Wildman–Crippen MR) is 229 cm³/mol. The molecule has 254 valence electrons. The Labute approximate surface area is 315 Å². The Kier molecular flexibility index (Phi) is 7.85. The predicted octanol–water partition coefficient (Wildman–Crippen LogP) is 14.4. The molecule has 0 atom stereocenters. The number of para-hydroxylation sites is 3. The Morgan fingerprint density at radius 1 is 0.333 bits per heavy atom. The number of hydrogen-bond acceptors (Lipinski definition) is 1. The lowest BCUT2D eigenvalue weighted by molar-refractivity contribution is 1.18. The zero-order chi connectivity index (χ0) is 35.8. The summed E-state index contributed by atoms with van der Waals surface area (Å²) in [5.74, 6) is 0. The van der Waals surface area contributed by atoms with Gasteiger partial charge in [0, 0.05) is 27.7 Å². The van der Waals surface area contributed by atoms with Gasteiger partial charge in [0.05, 0.1) is 22.4 Å². The highest BCUT2D eigenvalue weighted by atomic mass is 15.2. The molecule has 1 aromatic heterocycles. The number of hydrogen-bond donors (Lipinski definition) is 0. The van der Waals surface area contributed by atoms with E-state index in [1.807, 2.05) is 0 Å². The standard InChI is InChI=1S/C52H36N2/c1-4-18-38(19-5-1)44-34-33-43(36-47(44)39-20-6-2-7-21-39)54(48-27-14-12-25-45(48)41-32-31-37-17-10-11-22-40(37)35-41)51-30-16-29-50-52(51)46-26-13-15-28-49(46)53(50)42-23-8-3-9-24-42/h1-36H. The van der Waals surface area contributed by atoms with Crippen molar-refractivity contribution >= 4 is 49.6 Å². The Balaban J connectivity index is 1.29. The van der Waals surface area contributed by atoms with Crippen LogP contribution in [0.1, 0.15) is 0 Å². The number of nitrogens with zero attached hydrogens (tertiary/aromatic N) is 2. The maximum absolute atomic E-state index is 2.48. The van der Waals surface area contributed by atoms with E-state index in [-0.39, 0.29) is 0 Å². The van der Waals surface area contributed by atoms with Crippen LogP contribution in [0.4, 0.5) is 17.1 Å². The van der Waals surface area contributed by atoms with Crippen LogP contribution in [-0.4, -0.2) is 4.57 Å². The summed E-state index contributed by atoms with van der Waals surface area (Å²) in [6.45, 7) is 0. The van der Waals surface area contributed by atoms with Gasteiger partial charge in [0.1, 0.15) is 0 Å². The molecule has 0 aliphatic rings. The number of aromatic nitrogens is 1. The molecule has 1 heterocycles. The van der Waals surface area contributed by atoms with Gasteiger partial charge >= 0.3 is 0 Å². The van der Waals surface area contributed by atoms with Crippen LogP contribution < -0.4 is 4.90 Å². The highest BCUT2D eigenvalue weighted by Crippen LogP contribution is 2.48. The summed E-state index contributed by atoms with van der Waals surface area (Å²) in [5, 5.41) is 4.88. The monoisotopic (exact) mass is 688 g/mol. The number of benzene rings is 9. The highest BCUT2D eigenvalue weighted by molar-refractivity contribution is 6.17. The Morgan fingerprint density at radius 3 is 1.74 bits per heavy atom. The minimum absolute atomic E-state index is 1.09. The van der Waals surface area contributed by atoms with E-state index in [1.54, 1.807) is 0 Å². The van der Waals surface area contributed by atoms with E-state index in [4.69, 9.17) is 0 Å². The van der Waals surface area contributed by atoms with E-state index >= 15 is 0 Å². The lowest BCUT2D eigenvalue weighted by atomic mass is 9.93. The summed E-state index contributed by atoms with van der Waals surface area (Å²) in [7, 11) is 0.